The van der Waals surface area contributed by atoms with Crippen molar-refractivity contribution in [2.45, 2.75) is 70.9 Å². The molecule has 0 spiro atoms. The Hall–Kier alpha value is -0.0800. The van der Waals surface area contributed by atoms with E-state index in [1.54, 1.807) is 0 Å². The fourth-order valence-corrected chi connectivity index (χ4v) is 4.24. The highest BCUT2D eigenvalue weighted by atomic mass is 15.2. The molecule has 2 aliphatic carbocycles. The summed E-state index contributed by atoms with van der Waals surface area (Å²) in [7, 11) is 0. The van der Waals surface area contributed by atoms with Gasteiger partial charge in [-0.05, 0) is 76.8 Å². The molecule has 1 N–H and O–H groups in total. The van der Waals surface area contributed by atoms with E-state index < -0.39 is 0 Å². The number of hydrogen-bond acceptors (Lipinski definition) is 2. The Bertz CT molecular complexity index is 285. The summed E-state index contributed by atoms with van der Waals surface area (Å²) in [5.74, 6) is 3.10. The molecule has 2 saturated carbocycles. The van der Waals surface area contributed by atoms with E-state index in [1.165, 1.54) is 64.6 Å². The van der Waals surface area contributed by atoms with Crippen LogP contribution in [0.25, 0.3) is 0 Å². The summed E-state index contributed by atoms with van der Waals surface area (Å²) >= 11 is 0. The minimum atomic E-state index is 0.735. The Morgan fingerprint density at radius 1 is 1.05 bits per heavy atom. The van der Waals surface area contributed by atoms with Gasteiger partial charge in [-0.25, -0.2) is 0 Å². The molecule has 0 radical (unpaired) electrons. The predicted molar refractivity (Wildman–Crippen MR) is 81.3 cm³/mol. The number of hydrogen-bond donors (Lipinski definition) is 1. The van der Waals surface area contributed by atoms with Gasteiger partial charge in [-0.15, -0.1) is 0 Å². The number of nitrogens with zero attached hydrogens (tertiary/aromatic N) is 1. The summed E-state index contributed by atoms with van der Waals surface area (Å²) in [6.45, 7) is 8.57. The molecule has 3 aliphatic rings. The summed E-state index contributed by atoms with van der Waals surface area (Å²) in [5.41, 5.74) is 0. The molecule has 0 aromatic rings. The SMILES string of the molecule is CC(C)N1CCC(CNC2CCCC(C3CC3)C2)C1. The van der Waals surface area contributed by atoms with Gasteiger partial charge in [0.2, 0.25) is 0 Å². The Balaban J connectivity index is 1.37. The Morgan fingerprint density at radius 3 is 2.58 bits per heavy atom. The summed E-state index contributed by atoms with van der Waals surface area (Å²) in [6, 6.07) is 1.58. The van der Waals surface area contributed by atoms with Crippen LogP contribution in [0.5, 0.6) is 0 Å². The second-order valence-electron chi connectivity index (χ2n) is 7.61. The van der Waals surface area contributed by atoms with Crippen molar-refractivity contribution >= 4 is 0 Å². The molecular weight excluding hydrogens is 232 g/mol. The Kier molecular flexibility index (Phi) is 4.48. The maximum absolute atomic E-state index is 3.91. The van der Waals surface area contributed by atoms with E-state index in [2.05, 4.69) is 24.1 Å². The highest BCUT2D eigenvalue weighted by Gasteiger charge is 2.34. The lowest BCUT2D eigenvalue weighted by Gasteiger charge is -2.31. The summed E-state index contributed by atoms with van der Waals surface area (Å²) < 4.78 is 0. The van der Waals surface area contributed by atoms with Gasteiger partial charge in [-0.1, -0.05) is 12.8 Å². The van der Waals surface area contributed by atoms with Gasteiger partial charge >= 0.3 is 0 Å². The molecule has 19 heavy (non-hydrogen) atoms. The van der Waals surface area contributed by atoms with Crippen molar-refractivity contribution < 1.29 is 0 Å². The fraction of sp³-hybridized carbons (Fsp3) is 1.00. The molecule has 0 amide bonds. The van der Waals surface area contributed by atoms with Crippen LogP contribution in [0.4, 0.5) is 0 Å². The molecule has 1 aliphatic heterocycles. The lowest BCUT2D eigenvalue weighted by Crippen LogP contribution is -2.38. The zero-order chi connectivity index (χ0) is 13.2. The molecule has 3 atom stereocenters. The monoisotopic (exact) mass is 264 g/mol. The van der Waals surface area contributed by atoms with Crippen molar-refractivity contribution in [1.82, 2.24) is 10.2 Å². The maximum atomic E-state index is 3.91. The molecule has 3 fully saturated rings. The molecule has 3 unspecified atom stereocenters. The van der Waals surface area contributed by atoms with Crippen LogP contribution in [-0.2, 0) is 0 Å². The molecule has 0 aromatic heterocycles. The van der Waals surface area contributed by atoms with Crippen molar-refractivity contribution in [2.75, 3.05) is 19.6 Å². The molecular formula is C17H32N2. The lowest BCUT2D eigenvalue weighted by molar-refractivity contribution is 0.242. The zero-order valence-electron chi connectivity index (χ0n) is 12.9. The zero-order valence-corrected chi connectivity index (χ0v) is 12.9. The first-order valence-corrected chi connectivity index (χ1v) is 8.70. The van der Waals surface area contributed by atoms with Crippen LogP contribution in [0.1, 0.15) is 58.8 Å². The van der Waals surface area contributed by atoms with Crippen molar-refractivity contribution in [3.8, 4) is 0 Å². The predicted octanol–water partition coefficient (Wildman–Crippen LogP) is 3.28. The molecule has 0 aromatic carbocycles. The molecule has 0 bridgehead atoms. The van der Waals surface area contributed by atoms with Gasteiger partial charge in [0.05, 0.1) is 0 Å². The number of rotatable bonds is 5. The van der Waals surface area contributed by atoms with Crippen LogP contribution in [0, 0.1) is 17.8 Å². The number of nitrogens with one attached hydrogen (secondary N) is 1. The fourth-order valence-electron chi connectivity index (χ4n) is 4.24. The van der Waals surface area contributed by atoms with Gasteiger partial charge in [0.25, 0.3) is 0 Å². The van der Waals surface area contributed by atoms with Gasteiger partial charge in [-0.2, -0.15) is 0 Å². The highest BCUT2D eigenvalue weighted by Crippen LogP contribution is 2.43. The average Bonchev–Trinajstić information content (AvgIpc) is 3.15. The van der Waals surface area contributed by atoms with E-state index in [0.29, 0.717) is 0 Å². The van der Waals surface area contributed by atoms with Crippen LogP contribution >= 0.6 is 0 Å². The van der Waals surface area contributed by atoms with Gasteiger partial charge in [-0.3, -0.25) is 0 Å². The minimum Gasteiger partial charge on any atom is -0.314 e. The highest BCUT2D eigenvalue weighted by molar-refractivity contribution is 4.88. The first kappa shape index (κ1) is 13.9. The van der Waals surface area contributed by atoms with E-state index in [4.69, 9.17) is 0 Å². The average molecular weight is 264 g/mol. The first-order chi connectivity index (χ1) is 9.22. The molecule has 1 saturated heterocycles. The maximum Gasteiger partial charge on any atom is 0.00699 e. The quantitative estimate of drug-likeness (QED) is 0.820. The van der Waals surface area contributed by atoms with Gasteiger partial charge in [0.15, 0.2) is 0 Å². The molecule has 1 heterocycles. The van der Waals surface area contributed by atoms with Crippen LogP contribution in [-0.4, -0.2) is 36.6 Å². The lowest BCUT2D eigenvalue weighted by atomic mass is 9.82. The van der Waals surface area contributed by atoms with Crippen LogP contribution in [0.3, 0.4) is 0 Å². The second kappa shape index (κ2) is 6.13. The van der Waals surface area contributed by atoms with E-state index >= 15 is 0 Å². The van der Waals surface area contributed by atoms with Crippen LogP contribution in [0.2, 0.25) is 0 Å². The summed E-state index contributed by atoms with van der Waals surface area (Å²) in [5, 5.41) is 3.91. The third-order valence-corrected chi connectivity index (χ3v) is 5.75. The number of likely N-dealkylation sites (tertiary alicyclic amines) is 1. The van der Waals surface area contributed by atoms with E-state index in [9.17, 15) is 0 Å². The Morgan fingerprint density at radius 2 is 1.89 bits per heavy atom. The van der Waals surface area contributed by atoms with Gasteiger partial charge in [0, 0.05) is 18.6 Å². The van der Waals surface area contributed by atoms with Gasteiger partial charge in [0.1, 0.15) is 0 Å². The normalized spacial score (nSPS) is 37.1. The van der Waals surface area contributed by atoms with Crippen molar-refractivity contribution in [2.24, 2.45) is 17.8 Å². The molecule has 110 valence electrons. The standard InChI is InChI=1S/C17H32N2/c1-13(2)19-9-8-14(12-19)11-18-17-5-3-4-16(10-17)15-6-7-15/h13-18H,3-12H2,1-2H3. The molecule has 3 rings (SSSR count). The second-order valence-corrected chi connectivity index (χ2v) is 7.61. The van der Waals surface area contributed by atoms with E-state index in [1.807, 2.05) is 0 Å². The third kappa shape index (κ3) is 3.72. The van der Waals surface area contributed by atoms with Gasteiger partial charge < -0.3 is 10.2 Å². The first-order valence-electron chi connectivity index (χ1n) is 8.70. The molecule has 2 heteroatoms. The van der Waals surface area contributed by atoms with Crippen molar-refractivity contribution in [1.29, 1.82) is 0 Å². The molecule has 2 nitrogen and oxygen atoms in total. The van der Waals surface area contributed by atoms with E-state index in [0.717, 1.165) is 29.8 Å². The van der Waals surface area contributed by atoms with Crippen molar-refractivity contribution in [3.63, 3.8) is 0 Å². The topological polar surface area (TPSA) is 15.3 Å². The third-order valence-electron chi connectivity index (χ3n) is 5.75. The van der Waals surface area contributed by atoms with Crippen LogP contribution < -0.4 is 5.32 Å². The van der Waals surface area contributed by atoms with E-state index in [-0.39, 0.29) is 0 Å². The summed E-state index contributed by atoms with van der Waals surface area (Å²) in [4.78, 5) is 2.64. The Labute approximate surface area is 119 Å². The van der Waals surface area contributed by atoms with Crippen LogP contribution in [0.15, 0.2) is 0 Å². The largest absolute Gasteiger partial charge is 0.314 e. The van der Waals surface area contributed by atoms with Crippen molar-refractivity contribution in [3.05, 3.63) is 0 Å². The smallest absolute Gasteiger partial charge is 0.00699 e. The minimum absolute atomic E-state index is 0.735. The summed E-state index contributed by atoms with van der Waals surface area (Å²) in [6.07, 6.45) is 10.4.